The summed E-state index contributed by atoms with van der Waals surface area (Å²) in [5.41, 5.74) is 18.9. The first-order chi connectivity index (χ1) is 44.2. The van der Waals surface area contributed by atoms with Crippen molar-refractivity contribution in [3.63, 3.8) is 0 Å². The van der Waals surface area contributed by atoms with Gasteiger partial charge in [0, 0.05) is 65.8 Å². The zero-order valence-electron chi connectivity index (χ0n) is 48.6. The van der Waals surface area contributed by atoms with Gasteiger partial charge in [-0.1, -0.05) is 218 Å². The summed E-state index contributed by atoms with van der Waals surface area (Å²) in [5, 5.41) is 15.3. The molecule has 0 aliphatic rings. The average molecular weight is 1150 g/mol. The number of benzene rings is 14. The first-order valence-electron chi connectivity index (χ1n) is 30.7. The maximum Gasteiger partial charge on any atom is 0.179 e. The highest BCUT2D eigenvalue weighted by Crippen LogP contribution is 2.41. The van der Waals surface area contributed by atoms with Crippen LogP contribution in [0.2, 0.25) is 0 Å². The van der Waals surface area contributed by atoms with Crippen molar-refractivity contribution in [2.75, 3.05) is 0 Å². The van der Waals surface area contributed by atoms with E-state index in [2.05, 4.69) is 358 Å². The quantitative estimate of drug-likeness (QED) is 0.0961. The Bertz CT molecular complexity index is 5400. The van der Waals surface area contributed by atoms with E-state index in [4.69, 9.17) is 0 Å². The molecule has 0 amide bonds. The molecule has 416 valence electrons. The molecule has 4 heterocycles. The Morgan fingerprint density at radius 3 is 0.652 bits per heavy atom. The van der Waals surface area contributed by atoms with E-state index in [-0.39, 0.29) is 0 Å². The van der Waals surface area contributed by atoms with Crippen LogP contribution in [0.15, 0.2) is 340 Å². The SMILES string of the molecule is c1ccc(-n2c3ccccc3c3cc(-c4ccc5c(c4)c4ccccc4n5-c4ccc([Si](c5ccccc5)(c5ccccc5)c5ccc(-n6c7ccccc7c7cc(-c8ccc9c(c8)c8ccccc8n9-c8ccccc8)ccc76)cc5)cc4)ccc32)cc1. The summed E-state index contributed by atoms with van der Waals surface area (Å²) >= 11 is 0. The highest BCUT2D eigenvalue weighted by atomic mass is 28.3. The van der Waals surface area contributed by atoms with Gasteiger partial charge in [0.05, 0.1) is 44.1 Å². The Morgan fingerprint density at radius 2 is 0.371 bits per heavy atom. The minimum Gasteiger partial charge on any atom is -0.309 e. The molecule has 0 radical (unpaired) electrons. The lowest BCUT2D eigenvalue weighted by Crippen LogP contribution is -2.74. The van der Waals surface area contributed by atoms with Crippen LogP contribution in [0, 0.1) is 0 Å². The topological polar surface area (TPSA) is 19.7 Å². The van der Waals surface area contributed by atoms with Crippen LogP contribution < -0.4 is 20.7 Å². The standard InChI is InChI=1S/C84H56N4Si/c1-5-21-61(22-6-1)85-77-33-17-13-29-69(77)73-53-57(37-49-81(73)85)59-39-51-83-75(55-59)71-31-15-19-35-79(71)87(83)63-41-45-67(46-42-63)89(65-25-9-3-10-26-65,66-27-11-4-12-28-66)68-47-43-64(44-48-68)88-80-36-20-16-32-72(80)76-56-60(40-52-84(76)88)58-38-50-82-74(54-58)70-30-14-18-34-78(70)86(82)62-23-7-2-8-24-62/h1-56H. The van der Waals surface area contributed by atoms with Gasteiger partial charge in [0.15, 0.2) is 8.07 Å². The molecule has 89 heavy (non-hydrogen) atoms. The third kappa shape index (κ3) is 7.85. The summed E-state index contributed by atoms with van der Waals surface area (Å²) < 4.78 is 9.68. The van der Waals surface area contributed by atoms with Gasteiger partial charge >= 0.3 is 0 Å². The molecule has 14 aromatic carbocycles. The van der Waals surface area contributed by atoms with E-state index >= 15 is 0 Å². The predicted octanol–water partition coefficient (Wildman–Crippen LogP) is 18.8. The Morgan fingerprint density at radius 1 is 0.157 bits per heavy atom. The highest BCUT2D eigenvalue weighted by Gasteiger charge is 2.41. The molecule has 0 saturated heterocycles. The summed E-state index contributed by atoms with van der Waals surface area (Å²) in [6, 6.07) is 126. The molecular formula is C84H56N4Si. The minimum absolute atomic E-state index is 1.13. The Hall–Kier alpha value is -11.5. The molecule has 0 unspecified atom stereocenters. The molecule has 5 heteroatoms. The van der Waals surface area contributed by atoms with Crippen LogP contribution in [-0.2, 0) is 0 Å². The van der Waals surface area contributed by atoms with Gasteiger partial charge in [0.1, 0.15) is 0 Å². The molecule has 0 saturated carbocycles. The lowest BCUT2D eigenvalue weighted by Gasteiger charge is -2.34. The lowest BCUT2D eigenvalue weighted by atomic mass is 10.0. The minimum atomic E-state index is -2.95. The van der Waals surface area contributed by atoms with E-state index in [1.54, 1.807) is 0 Å². The summed E-state index contributed by atoms with van der Waals surface area (Å²) in [6.45, 7) is 0. The van der Waals surface area contributed by atoms with Crippen LogP contribution in [0.5, 0.6) is 0 Å². The van der Waals surface area contributed by atoms with Gasteiger partial charge in [-0.2, -0.15) is 0 Å². The lowest BCUT2D eigenvalue weighted by molar-refractivity contribution is 1.18. The van der Waals surface area contributed by atoms with E-state index < -0.39 is 8.07 Å². The fourth-order valence-electron chi connectivity index (χ4n) is 15.0. The molecule has 4 aromatic heterocycles. The number of rotatable bonds is 10. The second-order valence-electron chi connectivity index (χ2n) is 23.6. The highest BCUT2D eigenvalue weighted by molar-refractivity contribution is 7.19. The van der Waals surface area contributed by atoms with Gasteiger partial charge in [-0.15, -0.1) is 0 Å². The van der Waals surface area contributed by atoms with E-state index in [0.717, 1.165) is 22.7 Å². The van der Waals surface area contributed by atoms with Gasteiger partial charge in [0.2, 0.25) is 0 Å². The fourth-order valence-corrected chi connectivity index (χ4v) is 19.7. The molecule has 0 fully saturated rings. The van der Waals surface area contributed by atoms with Crippen LogP contribution in [0.4, 0.5) is 0 Å². The molecule has 0 aliphatic heterocycles. The van der Waals surface area contributed by atoms with Crippen molar-refractivity contribution in [1.82, 2.24) is 18.3 Å². The Labute approximate surface area is 515 Å². The monoisotopic (exact) mass is 1150 g/mol. The van der Waals surface area contributed by atoms with Crippen LogP contribution in [0.1, 0.15) is 0 Å². The molecule has 18 rings (SSSR count). The van der Waals surface area contributed by atoms with Gasteiger partial charge in [0.25, 0.3) is 0 Å². The molecule has 18 aromatic rings. The van der Waals surface area contributed by atoms with Crippen LogP contribution in [-0.4, -0.2) is 26.3 Å². The molecule has 4 nitrogen and oxygen atoms in total. The summed E-state index contributed by atoms with van der Waals surface area (Å²) in [4.78, 5) is 0. The number of fused-ring (bicyclic) bond motifs is 12. The maximum atomic E-state index is 2.46. The number of hydrogen-bond donors (Lipinski definition) is 0. The van der Waals surface area contributed by atoms with Crippen molar-refractivity contribution in [2.45, 2.75) is 0 Å². The smallest absolute Gasteiger partial charge is 0.179 e. The number of nitrogens with zero attached hydrogens (tertiary/aromatic N) is 4. The molecule has 0 N–H and O–H groups in total. The number of aromatic nitrogens is 4. The van der Waals surface area contributed by atoms with E-state index in [0.29, 0.717) is 0 Å². The first-order valence-corrected chi connectivity index (χ1v) is 32.7. The summed E-state index contributed by atoms with van der Waals surface area (Å²) in [6.07, 6.45) is 0. The van der Waals surface area contributed by atoms with Crippen molar-refractivity contribution >= 4 is 116 Å². The molecule has 0 bridgehead atoms. The molecule has 0 atom stereocenters. The van der Waals surface area contributed by atoms with Crippen LogP contribution in [0.25, 0.3) is 132 Å². The van der Waals surface area contributed by atoms with Gasteiger partial charge in [-0.25, -0.2) is 0 Å². The summed E-state index contributed by atoms with van der Waals surface area (Å²) in [7, 11) is -2.95. The van der Waals surface area contributed by atoms with E-state index in [9.17, 15) is 0 Å². The van der Waals surface area contributed by atoms with E-state index in [1.165, 1.54) is 130 Å². The van der Waals surface area contributed by atoms with Gasteiger partial charge in [-0.05, 0) is 164 Å². The third-order valence-corrected chi connectivity index (χ3v) is 23.7. The van der Waals surface area contributed by atoms with Crippen molar-refractivity contribution in [3.05, 3.63) is 340 Å². The van der Waals surface area contributed by atoms with Gasteiger partial charge < -0.3 is 18.3 Å². The Kier molecular flexibility index (Phi) is 11.6. The number of para-hydroxylation sites is 6. The van der Waals surface area contributed by atoms with Crippen LogP contribution in [0.3, 0.4) is 0 Å². The Balaban J connectivity index is 0.735. The first kappa shape index (κ1) is 50.8. The largest absolute Gasteiger partial charge is 0.309 e. The van der Waals surface area contributed by atoms with Gasteiger partial charge in [-0.3, -0.25) is 0 Å². The average Bonchev–Trinajstić information content (AvgIpc) is 2.00. The third-order valence-electron chi connectivity index (χ3n) is 18.9. The normalized spacial score (nSPS) is 12.0. The molecule has 0 spiro atoms. The maximum absolute atomic E-state index is 2.95. The van der Waals surface area contributed by atoms with E-state index in [1.807, 2.05) is 0 Å². The molecule has 0 aliphatic carbocycles. The van der Waals surface area contributed by atoms with Crippen molar-refractivity contribution < 1.29 is 0 Å². The second-order valence-corrected chi connectivity index (χ2v) is 27.4. The zero-order valence-corrected chi connectivity index (χ0v) is 49.6. The molecular weight excluding hydrogens is 1090 g/mol. The van der Waals surface area contributed by atoms with Crippen molar-refractivity contribution in [2.24, 2.45) is 0 Å². The second kappa shape index (κ2) is 20.3. The van der Waals surface area contributed by atoms with Crippen molar-refractivity contribution in [3.8, 4) is 45.0 Å². The van der Waals surface area contributed by atoms with Crippen molar-refractivity contribution in [1.29, 1.82) is 0 Å². The van der Waals surface area contributed by atoms with Crippen LogP contribution >= 0.6 is 0 Å². The zero-order chi connectivity index (χ0) is 58.6. The number of hydrogen-bond acceptors (Lipinski definition) is 0. The predicted molar refractivity (Wildman–Crippen MR) is 378 cm³/mol. The fraction of sp³-hybridized carbons (Fsp3) is 0. The summed E-state index contributed by atoms with van der Waals surface area (Å²) in [5.74, 6) is 0.